The molecular weight excluding hydrogens is 386 g/mol. The number of halogens is 1. The second-order valence-corrected chi connectivity index (χ2v) is 6.16. The molecule has 0 aliphatic rings. The molecule has 3 aromatic rings. The molecule has 25 heavy (non-hydrogen) atoms. The minimum Gasteiger partial charge on any atom is -0.493 e. The third kappa shape index (κ3) is 3.36. The number of benzene rings is 2. The van der Waals surface area contributed by atoms with Crippen molar-refractivity contribution < 1.29 is 14.3 Å². The van der Waals surface area contributed by atoms with Crippen molar-refractivity contribution in [2.24, 2.45) is 0 Å². The normalized spacial score (nSPS) is 10.5. The summed E-state index contributed by atoms with van der Waals surface area (Å²) in [4.78, 5) is 12.9. The molecule has 1 aromatic heterocycles. The molecule has 0 atom stereocenters. The van der Waals surface area contributed by atoms with Gasteiger partial charge in [0.2, 0.25) is 0 Å². The second kappa shape index (κ2) is 6.98. The van der Waals surface area contributed by atoms with Crippen molar-refractivity contribution in [3.05, 3.63) is 58.6 Å². The van der Waals surface area contributed by atoms with E-state index in [0.29, 0.717) is 22.8 Å². The Hall–Kier alpha value is -2.80. The Labute approximate surface area is 153 Å². The monoisotopic (exact) mass is 401 g/mol. The highest BCUT2D eigenvalue weighted by Crippen LogP contribution is 2.29. The molecule has 7 heteroatoms. The van der Waals surface area contributed by atoms with Crippen LogP contribution in [-0.4, -0.2) is 29.9 Å². The Kier molecular flexibility index (Phi) is 4.76. The van der Waals surface area contributed by atoms with E-state index >= 15 is 0 Å². The molecule has 2 N–H and O–H groups in total. The van der Waals surface area contributed by atoms with Crippen molar-refractivity contribution >= 4 is 27.7 Å². The number of nitrogen functional groups attached to an aromatic ring is 1. The van der Waals surface area contributed by atoms with E-state index in [0.717, 1.165) is 10.0 Å². The molecule has 0 saturated heterocycles. The van der Waals surface area contributed by atoms with Gasteiger partial charge in [0.05, 0.1) is 19.9 Å². The van der Waals surface area contributed by atoms with Gasteiger partial charge in [-0.15, -0.1) is 5.10 Å². The zero-order valence-electron chi connectivity index (χ0n) is 13.7. The smallest absolute Gasteiger partial charge is 0.278 e. The van der Waals surface area contributed by atoms with E-state index < -0.39 is 0 Å². The second-order valence-electron chi connectivity index (χ2n) is 5.25. The lowest BCUT2D eigenvalue weighted by Crippen LogP contribution is -2.15. The average molecular weight is 402 g/mol. The number of anilines is 1. The van der Waals surface area contributed by atoms with E-state index in [1.54, 1.807) is 31.4 Å². The zero-order chi connectivity index (χ0) is 18.0. The number of hydrogen-bond donors (Lipinski definition) is 1. The van der Waals surface area contributed by atoms with Gasteiger partial charge in [0, 0.05) is 21.7 Å². The first-order chi connectivity index (χ1) is 12.0. The SMILES string of the molecule is COc1ccc(C(=O)n2nc(N)cc2-c2ccc(Br)cc2)cc1OC. The van der Waals surface area contributed by atoms with Crippen molar-refractivity contribution in [2.45, 2.75) is 0 Å². The number of carbonyl (C=O) groups is 1. The molecule has 0 bridgehead atoms. The fourth-order valence-electron chi connectivity index (χ4n) is 2.47. The van der Waals surface area contributed by atoms with Gasteiger partial charge in [-0.25, -0.2) is 0 Å². The van der Waals surface area contributed by atoms with E-state index in [4.69, 9.17) is 15.2 Å². The molecule has 0 amide bonds. The van der Waals surface area contributed by atoms with Crippen LogP contribution in [-0.2, 0) is 0 Å². The summed E-state index contributed by atoms with van der Waals surface area (Å²) in [5, 5.41) is 4.14. The van der Waals surface area contributed by atoms with Crippen molar-refractivity contribution in [3.8, 4) is 22.8 Å². The predicted molar refractivity (Wildman–Crippen MR) is 99.0 cm³/mol. The van der Waals surface area contributed by atoms with Gasteiger partial charge in [-0.3, -0.25) is 4.79 Å². The molecule has 2 aromatic carbocycles. The quantitative estimate of drug-likeness (QED) is 0.722. The van der Waals surface area contributed by atoms with Crippen LogP contribution in [0.2, 0.25) is 0 Å². The standard InChI is InChI=1S/C18H16BrN3O3/c1-24-15-8-5-12(9-16(15)25-2)18(23)22-14(10-17(20)21-22)11-3-6-13(19)7-4-11/h3-10H,1-2H3,(H2,20,21). The maximum Gasteiger partial charge on any atom is 0.278 e. The van der Waals surface area contributed by atoms with Crippen LogP contribution in [0.5, 0.6) is 11.5 Å². The Morgan fingerprint density at radius 2 is 1.72 bits per heavy atom. The fourth-order valence-corrected chi connectivity index (χ4v) is 2.74. The summed E-state index contributed by atoms with van der Waals surface area (Å²) in [6.07, 6.45) is 0. The minimum absolute atomic E-state index is 0.270. The van der Waals surface area contributed by atoms with Crippen LogP contribution in [0.4, 0.5) is 5.82 Å². The Balaban J connectivity index is 2.05. The summed E-state index contributed by atoms with van der Waals surface area (Å²) in [7, 11) is 3.06. The van der Waals surface area contributed by atoms with Crippen LogP contribution in [0.1, 0.15) is 10.4 Å². The molecule has 0 saturated carbocycles. The van der Waals surface area contributed by atoms with Gasteiger partial charge >= 0.3 is 0 Å². The third-order valence-electron chi connectivity index (χ3n) is 3.69. The minimum atomic E-state index is -0.310. The predicted octanol–water partition coefficient (Wildman–Crippen LogP) is 3.60. The van der Waals surface area contributed by atoms with Crippen molar-refractivity contribution in [1.29, 1.82) is 0 Å². The van der Waals surface area contributed by atoms with E-state index in [2.05, 4.69) is 21.0 Å². The highest BCUT2D eigenvalue weighted by atomic mass is 79.9. The van der Waals surface area contributed by atoms with Gasteiger partial charge < -0.3 is 15.2 Å². The summed E-state index contributed by atoms with van der Waals surface area (Å²) in [5.41, 5.74) is 7.69. The van der Waals surface area contributed by atoms with Crippen LogP contribution in [0.3, 0.4) is 0 Å². The van der Waals surface area contributed by atoms with Crippen molar-refractivity contribution in [1.82, 2.24) is 9.78 Å². The number of nitrogens with two attached hydrogens (primary N) is 1. The molecular formula is C18H16BrN3O3. The van der Waals surface area contributed by atoms with E-state index in [9.17, 15) is 4.79 Å². The average Bonchev–Trinajstić information content (AvgIpc) is 3.02. The molecule has 1 heterocycles. The van der Waals surface area contributed by atoms with Crippen LogP contribution < -0.4 is 15.2 Å². The number of methoxy groups -OCH3 is 2. The molecule has 0 fully saturated rings. The van der Waals surface area contributed by atoms with Gasteiger partial charge in [0.1, 0.15) is 5.82 Å². The molecule has 6 nitrogen and oxygen atoms in total. The van der Waals surface area contributed by atoms with Crippen LogP contribution >= 0.6 is 15.9 Å². The summed E-state index contributed by atoms with van der Waals surface area (Å²) < 4.78 is 12.7. The van der Waals surface area contributed by atoms with Gasteiger partial charge in [-0.2, -0.15) is 4.68 Å². The van der Waals surface area contributed by atoms with Crippen molar-refractivity contribution in [2.75, 3.05) is 20.0 Å². The number of aromatic nitrogens is 2. The summed E-state index contributed by atoms with van der Waals surface area (Å²) >= 11 is 3.40. The maximum atomic E-state index is 12.9. The molecule has 0 unspecified atom stereocenters. The summed E-state index contributed by atoms with van der Waals surface area (Å²) in [5.74, 6) is 0.980. The lowest BCUT2D eigenvalue weighted by Gasteiger charge is -2.10. The lowest BCUT2D eigenvalue weighted by molar-refractivity contribution is 0.0947. The van der Waals surface area contributed by atoms with Crippen LogP contribution in [0.15, 0.2) is 53.0 Å². The van der Waals surface area contributed by atoms with E-state index in [1.165, 1.54) is 11.8 Å². The molecule has 0 aliphatic heterocycles. The summed E-state index contributed by atoms with van der Waals surface area (Å²) in [6, 6.07) is 14.2. The van der Waals surface area contributed by atoms with Gasteiger partial charge in [-0.05, 0) is 30.3 Å². The van der Waals surface area contributed by atoms with E-state index in [-0.39, 0.29) is 11.7 Å². The van der Waals surface area contributed by atoms with Gasteiger partial charge in [0.15, 0.2) is 11.5 Å². The van der Waals surface area contributed by atoms with Gasteiger partial charge in [0.25, 0.3) is 5.91 Å². The lowest BCUT2D eigenvalue weighted by atomic mass is 10.1. The maximum absolute atomic E-state index is 12.9. The highest BCUT2D eigenvalue weighted by Gasteiger charge is 2.18. The Bertz CT molecular complexity index is 920. The Morgan fingerprint density at radius 1 is 1.04 bits per heavy atom. The first-order valence-corrected chi connectivity index (χ1v) is 8.21. The highest BCUT2D eigenvalue weighted by molar-refractivity contribution is 9.10. The number of nitrogens with zero attached hydrogens (tertiary/aromatic N) is 2. The Morgan fingerprint density at radius 3 is 2.36 bits per heavy atom. The van der Waals surface area contributed by atoms with Crippen LogP contribution in [0, 0.1) is 0 Å². The molecule has 3 rings (SSSR count). The number of carbonyl (C=O) groups excluding carboxylic acids is 1. The molecule has 0 radical (unpaired) electrons. The van der Waals surface area contributed by atoms with E-state index in [1.807, 2.05) is 24.3 Å². The largest absolute Gasteiger partial charge is 0.493 e. The number of hydrogen-bond acceptors (Lipinski definition) is 5. The molecule has 128 valence electrons. The molecule has 0 aliphatic carbocycles. The first-order valence-electron chi connectivity index (χ1n) is 7.41. The van der Waals surface area contributed by atoms with Crippen LogP contribution in [0.25, 0.3) is 11.3 Å². The number of ether oxygens (including phenoxy) is 2. The fraction of sp³-hybridized carbons (Fsp3) is 0.111. The third-order valence-corrected chi connectivity index (χ3v) is 4.22. The molecule has 0 spiro atoms. The zero-order valence-corrected chi connectivity index (χ0v) is 15.3. The number of rotatable bonds is 4. The van der Waals surface area contributed by atoms with Crippen molar-refractivity contribution in [3.63, 3.8) is 0 Å². The summed E-state index contributed by atoms with van der Waals surface area (Å²) in [6.45, 7) is 0. The van der Waals surface area contributed by atoms with Gasteiger partial charge in [-0.1, -0.05) is 28.1 Å². The topological polar surface area (TPSA) is 79.4 Å². The first kappa shape index (κ1) is 17.0.